The molecule has 1 aromatic rings. The van der Waals surface area contributed by atoms with Gasteiger partial charge in [0.2, 0.25) is 5.91 Å². The fourth-order valence-corrected chi connectivity index (χ4v) is 2.00. The highest BCUT2D eigenvalue weighted by Gasteiger charge is 2.29. The summed E-state index contributed by atoms with van der Waals surface area (Å²) in [7, 11) is 0. The van der Waals surface area contributed by atoms with Gasteiger partial charge in [0.05, 0.1) is 0 Å². The lowest BCUT2D eigenvalue weighted by Gasteiger charge is -2.08. The molecule has 1 heterocycles. The maximum absolute atomic E-state index is 11.6. The quantitative estimate of drug-likeness (QED) is 0.824. The second-order valence-electron chi connectivity index (χ2n) is 3.35. The first-order valence-electron chi connectivity index (χ1n) is 4.67. The zero-order chi connectivity index (χ0) is 10.8. The van der Waals surface area contributed by atoms with Crippen LogP contribution < -0.4 is 10.6 Å². The smallest absolute Gasteiger partial charge is 0.246 e. The molecule has 78 valence electrons. The van der Waals surface area contributed by atoms with Gasteiger partial charge in [0, 0.05) is 22.3 Å². The van der Waals surface area contributed by atoms with Crippen LogP contribution in [0.4, 0.5) is 5.69 Å². The fraction of sp³-hybridized carbons (Fsp3) is 0.182. The van der Waals surface area contributed by atoms with Gasteiger partial charge in [0.1, 0.15) is 6.04 Å². The first-order chi connectivity index (χ1) is 7.22. The second-order valence-corrected chi connectivity index (χ2v) is 4.27. The molecule has 1 aliphatic heterocycles. The van der Waals surface area contributed by atoms with Gasteiger partial charge in [0.25, 0.3) is 0 Å². The summed E-state index contributed by atoms with van der Waals surface area (Å²) in [6.07, 6.45) is 1.74. The molecule has 0 radical (unpaired) electrons. The largest absolute Gasteiger partial charge is 0.324 e. The highest BCUT2D eigenvalue weighted by molar-refractivity contribution is 9.10. The molecule has 1 unspecified atom stereocenters. The van der Waals surface area contributed by atoms with E-state index < -0.39 is 0 Å². The minimum absolute atomic E-state index is 0.00931. The Morgan fingerprint density at radius 3 is 3.13 bits per heavy atom. The van der Waals surface area contributed by atoms with Gasteiger partial charge >= 0.3 is 0 Å². The van der Waals surface area contributed by atoms with E-state index in [1.54, 1.807) is 6.08 Å². The molecule has 3 nitrogen and oxygen atoms in total. The van der Waals surface area contributed by atoms with E-state index >= 15 is 0 Å². The van der Waals surface area contributed by atoms with Gasteiger partial charge in [0.15, 0.2) is 0 Å². The summed E-state index contributed by atoms with van der Waals surface area (Å²) in [5.41, 5.74) is 1.86. The molecule has 1 aromatic carbocycles. The summed E-state index contributed by atoms with van der Waals surface area (Å²) in [5, 5.41) is 5.94. The van der Waals surface area contributed by atoms with Crippen molar-refractivity contribution in [1.82, 2.24) is 5.32 Å². The zero-order valence-electron chi connectivity index (χ0n) is 8.09. The van der Waals surface area contributed by atoms with Crippen LogP contribution in [-0.4, -0.2) is 12.5 Å². The van der Waals surface area contributed by atoms with Crippen LogP contribution >= 0.6 is 15.9 Å². The lowest BCUT2D eigenvalue weighted by atomic mass is 10.1. The molecule has 0 saturated heterocycles. The van der Waals surface area contributed by atoms with Crippen molar-refractivity contribution in [1.29, 1.82) is 0 Å². The molecule has 1 atom stereocenters. The van der Waals surface area contributed by atoms with Gasteiger partial charge < -0.3 is 5.32 Å². The van der Waals surface area contributed by atoms with Crippen molar-refractivity contribution < 1.29 is 4.79 Å². The minimum Gasteiger partial charge on any atom is -0.324 e. The van der Waals surface area contributed by atoms with E-state index in [0.717, 1.165) is 15.7 Å². The first-order valence-corrected chi connectivity index (χ1v) is 5.46. The van der Waals surface area contributed by atoms with Crippen LogP contribution in [0.5, 0.6) is 0 Å². The number of carbonyl (C=O) groups excluding carboxylic acids is 1. The average Bonchev–Trinajstić information content (AvgIpc) is 2.50. The number of anilines is 1. The van der Waals surface area contributed by atoms with Crippen molar-refractivity contribution in [2.24, 2.45) is 0 Å². The van der Waals surface area contributed by atoms with Gasteiger partial charge in [-0.05, 0) is 12.1 Å². The van der Waals surface area contributed by atoms with E-state index in [9.17, 15) is 4.79 Å². The number of hydrogen-bond donors (Lipinski definition) is 2. The molecule has 1 aliphatic rings. The number of amides is 1. The third-order valence-corrected chi connectivity index (χ3v) is 2.81. The van der Waals surface area contributed by atoms with Crippen LogP contribution in [0, 0.1) is 0 Å². The molecule has 0 aromatic heterocycles. The molecule has 0 aliphatic carbocycles. The number of carbonyl (C=O) groups is 1. The summed E-state index contributed by atoms with van der Waals surface area (Å²) in [6, 6.07) is 5.52. The topological polar surface area (TPSA) is 41.1 Å². The summed E-state index contributed by atoms with van der Waals surface area (Å²) < 4.78 is 0.964. The van der Waals surface area contributed by atoms with Gasteiger partial charge in [-0.2, -0.15) is 0 Å². The van der Waals surface area contributed by atoms with Crippen molar-refractivity contribution in [3.8, 4) is 0 Å². The molecular formula is C11H11BrN2O. The van der Waals surface area contributed by atoms with E-state index in [2.05, 4.69) is 33.1 Å². The fourth-order valence-electron chi connectivity index (χ4n) is 1.64. The molecule has 2 rings (SSSR count). The minimum atomic E-state index is -0.258. The van der Waals surface area contributed by atoms with E-state index in [1.807, 2.05) is 18.2 Å². The Labute approximate surface area is 96.7 Å². The number of hydrogen-bond acceptors (Lipinski definition) is 2. The van der Waals surface area contributed by atoms with Crippen molar-refractivity contribution in [3.05, 3.63) is 40.9 Å². The van der Waals surface area contributed by atoms with E-state index in [-0.39, 0.29) is 11.9 Å². The Morgan fingerprint density at radius 1 is 1.60 bits per heavy atom. The Hall–Kier alpha value is -1.13. The van der Waals surface area contributed by atoms with Gasteiger partial charge in [-0.25, -0.2) is 0 Å². The number of benzene rings is 1. The summed E-state index contributed by atoms with van der Waals surface area (Å²) in [4.78, 5) is 11.6. The van der Waals surface area contributed by atoms with E-state index in [0.29, 0.717) is 6.54 Å². The number of halogens is 1. The molecule has 1 amide bonds. The maximum Gasteiger partial charge on any atom is 0.246 e. The third kappa shape index (κ3) is 1.96. The van der Waals surface area contributed by atoms with Crippen molar-refractivity contribution in [3.63, 3.8) is 0 Å². The molecule has 0 bridgehead atoms. The summed E-state index contributed by atoms with van der Waals surface area (Å²) >= 11 is 3.37. The molecular weight excluding hydrogens is 256 g/mol. The van der Waals surface area contributed by atoms with Gasteiger partial charge in [-0.1, -0.05) is 28.1 Å². The molecule has 4 heteroatoms. The Morgan fingerprint density at radius 2 is 2.40 bits per heavy atom. The predicted molar refractivity (Wildman–Crippen MR) is 63.7 cm³/mol. The highest BCUT2D eigenvalue weighted by atomic mass is 79.9. The van der Waals surface area contributed by atoms with Crippen LogP contribution in [0.3, 0.4) is 0 Å². The van der Waals surface area contributed by atoms with Crippen LogP contribution in [0.1, 0.15) is 11.6 Å². The predicted octanol–water partition coefficient (Wildman–Crippen LogP) is 2.22. The third-order valence-electron chi connectivity index (χ3n) is 2.31. The number of rotatable bonds is 3. The SMILES string of the molecule is C=CCNC1C(=O)Nc2cc(Br)ccc21. The molecule has 0 saturated carbocycles. The lowest BCUT2D eigenvalue weighted by molar-refractivity contribution is -0.117. The standard InChI is InChI=1S/C11H11BrN2O/c1-2-5-13-10-8-4-3-7(12)6-9(8)14-11(10)15/h2-4,6,10,13H,1,5H2,(H,14,15). The first kappa shape index (κ1) is 10.4. The molecule has 0 fully saturated rings. The molecule has 15 heavy (non-hydrogen) atoms. The Balaban J connectivity index is 2.29. The van der Waals surface area contributed by atoms with E-state index in [4.69, 9.17) is 0 Å². The number of nitrogens with one attached hydrogen (secondary N) is 2. The van der Waals surface area contributed by atoms with Crippen molar-refractivity contribution in [2.75, 3.05) is 11.9 Å². The second kappa shape index (κ2) is 4.16. The molecule has 0 spiro atoms. The normalized spacial score (nSPS) is 18.5. The highest BCUT2D eigenvalue weighted by Crippen LogP contribution is 2.32. The Kier molecular flexibility index (Phi) is 2.88. The van der Waals surface area contributed by atoms with Crippen LogP contribution in [0.15, 0.2) is 35.3 Å². The van der Waals surface area contributed by atoms with Crippen LogP contribution in [-0.2, 0) is 4.79 Å². The van der Waals surface area contributed by atoms with Gasteiger partial charge in [-0.15, -0.1) is 6.58 Å². The van der Waals surface area contributed by atoms with Crippen LogP contribution in [0.25, 0.3) is 0 Å². The van der Waals surface area contributed by atoms with Crippen LogP contribution in [0.2, 0.25) is 0 Å². The lowest BCUT2D eigenvalue weighted by Crippen LogP contribution is -2.27. The monoisotopic (exact) mass is 266 g/mol. The number of fused-ring (bicyclic) bond motifs is 1. The van der Waals surface area contributed by atoms with Crippen molar-refractivity contribution in [2.45, 2.75) is 6.04 Å². The van der Waals surface area contributed by atoms with Crippen molar-refractivity contribution >= 4 is 27.5 Å². The Bertz CT molecular complexity index is 417. The maximum atomic E-state index is 11.6. The summed E-state index contributed by atoms with van der Waals surface area (Å²) in [6.45, 7) is 4.23. The zero-order valence-corrected chi connectivity index (χ0v) is 9.67. The van der Waals surface area contributed by atoms with E-state index in [1.165, 1.54) is 0 Å². The average molecular weight is 267 g/mol. The van der Waals surface area contributed by atoms with Gasteiger partial charge in [-0.3, -0.25) is 10.1 Å². The summed E-state index contributed by atoms with van der Waals surface area (Å²) in [5.74, 6) is -0.00931. The molecule has 2 N–H and O–H groups in total.